The number of carbonyl (C=O) groups is 2. The van der Waals surface area contributed by atoms with Crippen molar-refractivity contribution < 1.29 is 18.7 Å². The average Bonchev–Trinajstić information content (AvgIpc) is 3.03. The summed E-state index contributed by atoms with van der Waals surface area (Å²) in [6.45, 7) is -0.344. The predicted octanol–water partition coefficient (Wildman–Crippen LogP) is 4.19. The van der Waals surface area contributed by atoms with Crippen molar-refractivity contribution in [3.05, 3.63) is 65.9 Å². The summed E-state index contributed by atoms with van der Waals surface area (Å²) >= 11 is 1.59. The van der Waals surface area contributed by atoms with Crippen LogP contribution in [0.3, 0.4) is 0 Å². The highest BCUT2D eigenvalue weighted by molar-refractivity contribution is 7.98. The Labute approximate surface area is 137 Å². The molecule has 1 heterocycles. The molecule has 0 bridgehead atoms. The molecule has 0 radical (unpaired) electrons. The summed E-state index contributed by atoms with van der Waals surface area (Å²) in [5, 5.41) is 0.842. The summed E-state index contributed by atoms with van der Waals surface area (Å²) in [7, 11) is 0. The molecule has 3 aromatic rings. The number of Topliss-reactive ketones (excluding diaryl/α,β-unsaturated/α-hetero) is 1. The van der Waals surface area contributed by atoms with E-state index in [4.69, 9.17) is 9.15 Å². The van der Waals surface area contributed by atoms with Gasteiger partial charge in [0.2, 0.25) is 5.78 Å². The van der Waals surface area contributed by atoms with Gasteiger partial charge in [-0.25, -0.2) is 4.79 Å². The zero-order chi connectivity index (χ0) is 16.2. The number of benzene rings is 2. The van der Waals surface area contributed by atoms with Gasteiger partial charge in [-0.3, -0.25) is 4.79 Å². The van der Waals surface area contributed by atoms with E-state index < -0.39 is 5.97 Å². The molecule has 0 N–H and O–H groups in total. The molecule has 0 aliphatic carbocycles. The highest BCUT2D eigenvalue weighted by atomic mass is 32.2. The van der Waals surface area contributed by atoms with Crippen LogP contribution in [0.1, 0.15) is 20.9 Å². The lowest BCUT2D eigenvalue weighted by atomic mass is 10.2. The van der Waals surface area contributed by atoms with Crippen molar-refractivity contribution in [3.63, 3.8) is 0 Å². The third-order valence-electron chi connectivity index (χ3n) is 3.36. The van der Waals surface area contributed by atoms with E-state index in [0.717, 1.165) is 10.3 Å². The number of hydrogen-bond acceptors (Lipinski definition) is 5. The molecule has 2 aromatic carbocycles. The minimum absolute atomic E-state index is 0.191. The van der Waals surface area contributed by atoms with Crippen molar-refractivity contribution in [1.29, 1.82) is 0 Å². The molecule has 5 heteroatoms. The number of rotatable bonds is 5. The molecule has 0 saturated heterocycles. The van der Waals surface area contributed by atoms with Crippen LogP contribution in [0, 0.1) is 0 Å². The Balaban J connectivity index is 1.64. The fourth-order valence-electron chi connectivity index (χ4n) is 2.13. The van der Waals surface area contributed by atoms with Gasteiger partial charge in [0, 0.05) is 10.3 Å². The van der Waals surface area contributed by atoms with Crippen molar-refractivity contribution in [2.75, 3.05) is 12.9 Å². The minimum Gasteiger partial charge on any atom is -0.454 e. The van der Waals surface area contributed by atoms with Gasteiger partial charge in [-0.2, -0.15) is 0 Å². The molecule has 116 valence electrons. The molecular weight excluding hydrogens is 312 g/mol. The third kappa shape index (κ3) is 3.46. The molecule has 0 saturated carbocycles. The first-order valence-corrected chi connectivity index (χ1v) is 8.23. The molecule has 4 nitrogen and oxygen atoms in total. The first-order chi connectivity index (χ1) is 11.2. The number of ketones is 1. The number of hydrogen-bond donors (Lipinski definition) is 0. The molecule has 0 aliphatic heterocycles. The van der Waals surface area contributed by atoms with Crippen molar-refractivity contribution >= 4 is 34.5 Å². The number of furan rings is 1. The standard InChI is InChI=1S/C18H14O4S/c1-23-14-8-6-12(7-9-14)18(20)21-11-15(19)17-10-13-4-2-3-5-16(13)22-17/h2-10H,11H2,1H3. The van der Waals surface area contributed by atoms with Crippen LogP contribution in [0.5, 0.6) is 0 Å². The molecule has 1 aromatic heterocycles. The van der Waals surface area contributed by atoms with Crippen molar-refractivity contribution in [2.24, 2.45) is 0 Å². The molecule has 3 rings (SSSR count). The lowest BCUT2D eigenvalue weighted by Crippen LogP contribution is -2.13. The lowest BCUT2D eigenvalue weighted by molar-refractivity contribution is 0.0468. The number of carbonyl (C=O) groups excluding carboxylic acids is 2. The normalized spacial score (nSPS) is 10.7. The summed E-state index contributed by atoms with van der Waals surface area (Å²) in [6, 6.07) is 16.0. The average molecular weight is 326 g/mol. The van der Waals surface area contributed by atoms with E-state index in [1.165, 1.54) is 0 Å². The van der Waals surface area contributed by atoms with E-state index in [9.17, 15) is 9.59 Å². The fraction of sp³-hybridized carbons (Fsp3) is 0.111. The maximum absolute atomic E-state index is 12.1. The van der Waals surface area contributed by atoms with Crippen LogP contribution in [0.15, 0.2) is 63.9 Å². The van der Waals surface area contributed by atoms with Crippen molar-refractivity contribution in [1.82, 2.24) is 0 Å². The van der Waals surface area contributed by atoms with Gasteiger partial charge in [0.05, 0.1) is 5.56 Å². The van der Waals surface area contributed by atoms with Gasteiger partial charge < -0.3 is 9.15 Å². The molecule has 0 unspecified atom stereocenters. The van der Waals surface area contributed by atoms with Crippen molar-refractivity contribution in [3.8, 4) is 0 Å². The SMILES string of the molecule is CSc1ccc(C(=O)OCC(=O)c2cc3ccccc3o2)cc1. The molecular formula is C18H14O4S. The predicted molar refractivity (Wildman–Crippen MR) is 89.1 cm³/mol. The molecule has 0 atom stereocenters. The van der Waals surface area contributed by atoms with Gasteiger partial charge >= 0.3 is 5.97 Å². The van der Waals surface area contributed by atoms with Gasteiger partial charge in [-0.15, -0.1) is 11.8 Å². The van der Waals surface area contributed by atoms with E-state index in [0.29, 0.717) is 11.1 Å². The molecule has 0 amide bonds. The van der Waals surface area contributed by atoms with Gasteiger partial charge in [0.15, 0.2) is 12.4 Å². The minimum atomic E-state index is -0.526. The van der Waals surface area contributed by atoms with Crippen LogP contribution in [0.2, 0.25) is 0 Å². The second-order valence-corrected chi connectivity index (χ2v) is 5.76. The van der Waals surface area contributed by atoms with Crippen LogP contribution in [-0.2, 0) is 4.74 Å². The Bertz CT molecular complexity index is 816. The quantitative estimate of drug-likeness (QED) is 0.400. The zero-order valence-corrected chi connectivity index (χ0v) is 13.3. The van der Waals surface area contributed by atoms with Crippen LogP contribution in [-0.4, -0.2) is 24.6 Å². The Morgan fingerprint density at radius 2 is 1.83 bits per heavy atom. The zero-order valence-electron chi connectivity index (χ0n) is 12.4. The summed E-state index contributed by atoms with van der Waals surface area (Å²) in [5.41, 5.74) is 1.05. The van der Waals surface area contributed by atoms with E-state index in [1.54, 1.807) is 36.0 Å². The Morgan fingerprint density at radius 3 is 2.52 bits per heavy atom. The van der Waals surface area contributed by atoms with Crippen LogP contribution < -0.4 is 0 Å². The van der Waals surface area contributed by atoms with Crippen LogP contribution in [0.4, 0.5) is 0 Å². The summed E-state index contributed by atoms with van der Waals surface area (Å²) in [5.74, 6) is -0.700. The number of ether oxygens (including phenoxy) is 1. The topological polar surface area (TPSA) is 56.5 Å². The van der Waals surface area contributed by atoms with Gasteiger partial charge in [-0.05, 0) is 42.7 Å². The molecule has 23 heavy (non-hydrogen) atoms. The second kappa shape index (κ2) is 6.71. The lowest BCUT2D eigenvalue weighted by Gasteiger charge is -2.03. The summed E-state index contributed by atoms with van der Waals surface area (Å²) in [4.78, 5) is 25.1. The fourth-order valence-corrected chi connectivity index (χ4v) is 2.54. The maximum Gasteiger partial charge on any atom is 0.338 e. The van der Waals surface area contributed by atoms with Crippen LogP contribution >= 0.6 is 11.8 Å². The molecule has 0 fully saturated rings. The summed E-state index contributed by atoms with van der Waals surface area (Å²) < 4.78 is 10.5. The van der Waals surface area contributed by atoms with Crippen LogP contribution in [0.25, 0.3) is 11.0 Å². The number of para-hydroxylation sites is 1. The molecule has 0 aliphatic rings. The highest BCUT2D eigenvalue weighted by Gasteiger charge is 2.15. The Morgan fingerprint density at radius 1 is 1.09 bits per heavy atom. The highest BCUT2D eigenvalue weighted by Crippen LogP contribution is 2.19. The monoisotopic (exact) mass is 326 g/mol. The number of esters is 1. The third-order valence-corrected chi connectivity index (χ3v) is 4.10. The largest absolute Gasteiger partial charge is 0.454 e. The van der Waals surface area contributed by atoms with Crippen molar-refractivity contribution in [2.45, 2.75) is 4.90 Å². The summed E-state index contributed by atoms with van der Waals surface area (Å²) in [6.07, 6.45) is 1.96. The van der Waals surface area contributed by atoms with E-state index in [-0.39, 0.29) is 18.2 Å². The van der Waals surface area contributed by atoms with E-state index in [2.05, 4.69) is 0 Å². The smallest absolute Gasteiger partial charge is 0.338 e. The second-order valence-electron chi connectivity index (χ2n) is 4.88. The van der Waals surface area contributed by atoms with E-state index in [1.807, 2.05) is 36.6 Å². The first kappa shape index (κ1) is 15.4. The Kier molecular flexibility index (Phi) is 4.48. The van der Waals surface area contributed by atoms with Gasteiger partial charge in [0.25, 0.3) is 0 Å². The number of fused-ring (bicyclic) bond motifs is 1. The number of thioether (sulfide) groups is 1. The Hall–Kier alpha value is -2.53. The van der Waals surface area contributed by atoms with Gasteiger partial charge in [-0.1, -0.05) is 18.2 Å². The molecule has 0 spiro atoms. The first-order valence-electron chi connectivity index (χ1n) is 7.00. The van der Waals surface area contributed by atoms with E-state index >= 15 is 0 Å². The van der Waals surface area contributed by atoms with Gasteiger partial charge in [0.1, 0.15) is 5.58 Å². The maximum atomic E-state index is 12.1.